The standard InChI is InChI=1S/C9H11BrN2O2/c1-3-14-9(13)8-6(11-2)4-5-7(10)12-8/h4-5,11H,3H2,1-2H3. The molecular weight excluding hydrogens is 248 g/mol. The number of halogens is 1. The quantitative estimate of drug-likeness (QED) is 0.666. The summed E-state index contributed by atoms with van der Waals surface area (Å²) < 4.78 is 5.47. The molecule has 1 heterocycles. The molecule has 0 aliphatic carbocycles. The van der Waals surface area contributed by atoms with Crippen molar-refractivity contribution in [1.82, 2.24) is 4.98 Å². The first kappa shape index (κ1) is 11.0. The maximum absolute atomic E-state index is 11.4. The van der Waals surface area contributed by atoms with Gasteiger partial charge >= 0.3 is 5.97 Å². The molecular formula is C9H11BrN2O2. The molecule has 1 aromatic heterocycles. The summed E-state index contributed by atoms with van der Waals surface area (Å²) in [7, 11) is 1.73. The highest BCUT2D eigenvalue weighted by molar-refractivity contribution is 9.10. The van der Waals surface area contributed by atoms with Crippen LogP contribution in [0.3, 0.4) is 0 Å². The van der Waals surface area contributed by atoms with Crippen LogP contribution in [0, 0.1) is 0 Å². The van der Waals surface area contributed by atoms with Gasteiger partial charge in [0, 0.05) is 7.05 Å². The first-order chi connectivity index (χ1) is 6.69. The molecule has 0 radical (unpaired) electrons. The number of hydrogen-bond donors (Lipinski definition) is 1. The van der Waals surface area contributed by atoms with Crippen LogP contribution in [0.5, 0.6) is 0 Å². The Bertz CT molecular complexity index is 342. The lowest BCUT2D eigenvalue weighted by Gasteiger charge is -2.07. The number of pyridine rings is 1. The highest BCUT2D eigenvalue weighted by Gasteiger charge is 2.13. The average Bonchev–Trinajstić information content (AvgIpc) is 2.18. The Hall–Kier alpha value is -1.10. The van der Waals surface area contributed by atoms with E-state index in [1.807, 2.05) is 0 Å². The minimum Gasteiger partial charge on any atom is -0.461 e. The number of rotatable bonds is 3. The molecule has 0 aliphatic rings. The Morgan fingerprint density at radius 3 is 2.93 bits per heavy atom. The fourth-order valence-electron chi connectivity index (χ4n) is 0.992. The molecule has 1 rings (SSSR count). The maximum atomic E-state index is 11.4. The number of hydrogen-bond acceptors (Lipinski definition) is 4. The summed E-state index contributed by atoms with van der Waals surface area (Å²) >= 11 is 3.20. The number of aromatic nitrogens is 1. The molecule has 76 valence electrons. The Labute approximate surface area is 90.8 Å². The van der Waals surface area contributed by atoms with E-state index in [1.54, 1.807) is 26.1 Å². The van der Waals surface area contributed by atoms with Crippen LogP contribution in [0.15, 0.2) is 16.7 Å². The molecule has 1 aromatic rings. The van der Waals surface area contributed by atoms with Crippen molar-refractivity contribution < 1.29 is 9.53 Å². The molecule has 5 heteroatoms. The minimum atomic E-state index is -0.418. The number of nitrogens with one attached hydrogen (secondary N) is 1. The highest BCUT2D eigenvalue weighted by atomic mass is 79.9. The summed E-state index contributed by atoms with van der Waals surface area (Å²) in [5, 5.41) is 2.88. The molecule has 0 atom stereocenters. The van der Waals surface area contributed by atoms with Gasteiger partial charge in [0.05, 0.1) is 12.3 Å². The Morgan fingerprint density at radius 2 is 2.36 bits per heavy atom. The predicted octanol–water partition coefficient (Wildman–Crippen LogP) is 2.06. The molecule has 0 saturated carbocycles. The number of ether oxygens (including phenoxy) is 1. The molecule has 0 saturated heterocycles. The summed E-state index contributed by atoms with van der Waals surface area (Å²) in [5.74, 6) is -0.418. The lowest BCUT2D eigenvalue weighted by atomic mass is 10.3. The molecule has 0 bridgehead atoms. The van der Waals surface area contributed by atoms with Crippen molar-refractivity contribution >= 4 is 27.6 Å². The molecule has 0 amide bonds. The van der Waals surface area contributed by atoms with Crippen LogP contribution < -0.4 is 5.32 Å². The van der Waals surface area contributed by atoms with Crippen molar-refractivity contribution in [1.29, 1.82) is 0 Å². The molecule has 4 nitrogen and oxygen atoms in total. The Balaban J connectivity index is 3.03. The van der Waals surface area contributed by atoms with Gasteiger partial charge in [-0.1, -0.05) is 0 Å². The van der Waals surface area contributed by atoms with Crippen LogP contribution >= 0.6 is 15.9 Å². The van der Waals surface area contributed by atoms with Gasteiger partial charge in [0.1, 0.15) is 4.60 Å². The van der Waals surface area contributed by atoms with Gasteiger partial charge in [-0.25, -0.2) is 9.78 Å². The van der Waals surface area contributed by atoms with E-state index in [9.17, 15) is 4.79 Å². The fraction of sp³-hybridized carbons (Fsp3) is 0.333. The van der Waals surface area contributed by atoms with Crippen molar-refractivity contribution in [3.63, 3.8) is 0 Å². The van der Waals surface area contributed by atoms with E-state index in [0.29, 0.717) is 22.6 Å². The minimum absolute atomic E-state index is 0.295. The SMILES string of the molecule is CCOC(=O)c1nc(Br)ccc1NC. The van der Waals surface area contributed by atoms with E-state index >= 15 is 0 Å². The highest BCUT2D eigenvalue weighted by Crippen LogP contribution is 2.17. The third-order valence-electron chi connectivity index (χ3n) is 1.60. The average molecular weight is 259 g/mol. The number of esters is 1. The molecule has 0 fully saturated rings. The maximum Gasteiger partial charge on any atom is 0.359 e. The van der Waals surface area contributed by atoms with Crippen molar-refractivity contribution in [2.24, 2.45) is 0 Å². The normalized spacial score (nSPS) is 9.64. The number of carbonyl (C=O) groups is 1. The predicted molar refractivity (Wildman–Crippen MR) is 57.4 cm³/mol. The molecule has 1 N–H and O–H groups in total. The van der Waals surface area contributed by atoms with Gasteiger partial charge in [-0.05, 0) is 35.0 Å². The number of anilines is 1. The smallest absolute Gasteiger partial charge is 0.359 e. The molecule has 0 aliphatic heterocycles. The largest absolute Gasteiger partial charge is 0.461 e. The van der Waals surface area contributed by atoms with Gasteiger partial charge in [-0.15, -0.1) is 0 Å². The van der Waals surface area contributed by atoms with Crippen LogP contribution in [-0.2, 0) is 4.74 Å². The van der Waals surface area contributed by atoms with Crippen molar-refractivity contribution in [2.75, 3.05) is 19.0 Å². The van der Waals surface area contributed by atoms with E-state index in [0.717, 1.165) is 0 Å². The molecule has 0 aromatic carbocycles. The zero-order valence-electron chi connectivity index (χ0n) is 8.00. The Morgan fingerprint density at radius 1 is 1.64 bits per heavy atom. The summed E-state index contributed by atoms with van der Waals surface area (Å²) in [6, 6.07) is 3.53. The van der Waals surface area contributed by atoms with Gasteiger partial charge in [0.15, 0.2) is 5.69 Å². The van der Waals surface area contributed by atoms with Gasteiger partial charge in [0.2, 0.25) is 0 Å². The topological polar surface area (TPSA) is 51.2 Å². The van der Waals surface area contributed by atoms with Gasteiger partial charge < -0.3 is 10.1 Å². The third kappa shape index (κ3) is 2.45. The lowest BCUT2D eigenvalue weighted by molar-refractivity contribution is 0.0520. The zero-order chi connectivity index (χ0) is 10.6. The number of nitrogens with zero attached hydrogens (tertiary/aromatic N) is 1. The van der Waals surface area contributed by atoms with Gasteiger partial charge in [-0.2, -0.15) is 0 Å². The number of carbonyl (C=O) groups excluding carboxylic acids is 1. The second-order valence-corrected chi connectivity index (χ2v) is 3.31. The van der Waals surface area contributed by atoms with E-state index < -0.39 is 5.97 Å². The Kier molecular flexibility index (Phi) is 3.88. The van der Waals surface area contributed by atoms with Crippen molar-refractivity contribution in [3.05, 3.63) is 22.4 Å². The van der Waals surface area contributed by atoms with E-state index in [-0.39, 0.29) is 0 Å². The van der Waals surface area contributed by atoms with Crippen LogP contribution in [-0.4, -0.2) is 24.6 Å². The van der Waals surface area contributed by atoms with E-state index in [2.05, 4.69) is 26.2 Å². The first-order valence-corrected chi connectivity index (χ1v) is 4.99. The van der Waals surface area contributed by atoms with Gasteiger partial charge in [0.25, 0.3) is 0 Å². The van der Waals surface area contributed by atoms with Gasteiger partial charge in [-0.3, -0.25) is 0 Å². The monoisotopic (exact) mass is 258 g/mol. The van der Waals surface area contributed by atoms with Crippen molar-refractivity contribution in [3.8, 4) is 0 Å². The molecule has 14 heavy (non-hydrogen) atoms. The van der Waals surface area contributed by atoms with Crippen molar-refractivity contribution in [2.45, 2.75) is 6.92 Å². The van der Waals surface area contributed by atoms with E-state index in [1.165, 1.54) is 0 Å². The summed E-state index contributed by atoms with van der Waals surface area (Å²) in [4.78, 5) is 15.5. The third-order valence-corrected chi connectivity index (χ3v) is 2.04. The van der Waals surface area contributed by atoms with E-state index in [4.69, 9.17) is 4.74 Å². The second-order valence-electron chi connectivity index (χ2n) is 2.50. The van der Waals surface area contributed by atoms with Crippen LogP contribution in [0.4, 0.5) is 5.69 Å². The second kappa shape index (κ2) is 4.95. The fourth-order valence-corrected chi connectivity index (χ4v) is 1.30. The molecule has 0 spiro atoms. The summed E-state index contributed by atoms with van der Waals surface area (Å²) in [6.45, 7) is 2.10. The van der Waals surface area contributed by atoms with Crippen LogP contribution in [0.25, 0.3) is 0 Å². The first-order valence-electron chi connectivity index (χ1n) is 4.20. The molecule has 0 unspecified atom stereocenters. The lowest BCUT2D eigenvalue weighted by Crippen LogP contribution is -2.10. The van der Waals surface area contributed by atoms with Crippen LogP contribution in [0.1, 0.15) is 17.4 Å². The van der Waals surface area contributed by atoms with Crippen LogP contribution in [0.2, 0.25) is 0 Å². The summed E-state index contributed by atoms with van der Waals surface area (Å²) in [6.07, 6.45) is 0. The zero-order valence-corrected chi connectivity index (χ0v) is 9.59. The summed E-state index contributed by atoms with van der Waals surface area (Å²) in [5.41, 5.74) is 0.954.